The number of aliphatic imine (C=N–C) groups is 1. The molecule has 1 N–H and O–H groups in total. The summed E-state index contributed by atoms with van der Waals surface area (Å²) in [6.45, 7) is 2.93. The van der Waals surface area contributed by atoms with Crippen LogP contribution in [-0.4, -0.2) is 73.5 Å². The lowest BCUT2D eigenvalue weighted by Crippen LogP contribution is -2.48. The molecule has 0 saturated carbocycles. The summed E-state index contributed by atoms with van der Waals surface area (Å²) in [4.78, 5) is 18.7. The van der Waals surface area contributed by atoms with Gasteiger partial charge in [0, 0.05) is 31.9 Å². The number of para-hydroxylation sites is 2. The highest BCUT2D eigenvalue weighted by molar-refractivity contribution is 8.39. The molecular weight excluding hydrogens is 392 g/mol. The molecule has 0 bridgehead atoms. The lowest BCUT2D eigenvalue weighted by atomic mass is 10.2. The number of anilines is 2. The first-order valence-corrected chi connectivity index (χ1v) is 12.1. The second-order valence-electron chi connectivity index (χ2n) is 6.00. The number of nitrogens with zero attached hydrogens (tertiary/aromatic N) is 3. The van der Waals surface area contributed by atoms with Gasteiger partial charge >= 0.3 is 0 Å². The van der Waals surface area contributed by atoms with E-state index in [1.165, 1.54) is 22.3 Å². The van der Waals surface area contributed by atoms with Gasteiger partial charge in [-0.1, -0.05) is 35.7 Å². The maximum Gasteiger partial charge on any atom is 0.234 e. The Morgan fingerprint density at radius 1 is 1.27 bits per heavy atom. The molecule has 26 heavy (non-hydrogen) atoms. The third-order valence-electron chi connectivity index (χ3n) is 4.11. The number of hydrogen-bond acceptors (Lipinski definition) is 7. The Balaban J connectivity index is 1.60. The van der Waals surface area contributed by atoms with Crippen LogP contribution in [0.5, 0.6) is 0 Å². The highest BCUT2D eigenvalue weighted by atomic mass is 32.2. The maximum atomic E-state index is 12.3. The van der Waals surface area contributed by atoms with Crippen molar-refractivity contribution in [3.8, 4) is 0 Å². The van der Waals surface area contributed by atoms with E-state index in [-0.39, 0.29) is 5.91 Å². The van der Waals surface area contributed by atoms with Gasteiger partial charge in [0.15, 0.2) is 0 Å². The van der Waals surface area contributed by atoms with Crippen LogP contribution in [0.3, 0.4) is 0 Å². The summed E-state index contributed by atoms with van der Waals surface area (Å²) >= 11 is 3.16. The van der Waals surface area contributed by atoms with Crippen LogP contribution in [0.25, 0.3) is 0 Å². The molecular formula is C16H22N4O3S3. The minimum absolute atomic E-state index is 0.0626. The monoisotopic (exact) mass is 414 g/mol. The van der Waals surface area contributed by atoms with E-state index in [1.54, 1.807) is 11.8 Å². The number of carbonyl (C=O) groups is 1. The predicted molar refractivity (Wildman–Crippen MR) is 111 cm³/mol. The quantitative estimate of drug-likeness (QED) is 0.787. The molecule has 0 aromatic heterocycles. The zero-order valence-electron chi connectivity index (χ0n) is 14.6. The van der Waals surface area contributed by atoms with Gasteiger partial charge < -0.3 is 10.2 Å². The molecule has 3 rings (SSSR count). The van der Waals surface area contributed by atoms with Crippen molar-refractivity contribution in [2.24, 2.45) is 4.99 Å². The van der Waals surface area contributed by atoms with E-state index in [4.69, 9.17) is 0 Å². The van der Waals surface area contributed by atoms with Crippen molar-refractivity contribution in [2.45, 2.75) is 0 Å². The van der Waals surface area contributed by atoms with Gasteiger partial charge in [-0.15, -0.1) is 0 Å². The third-order valence-corrected chi connectivity index (χ3v) is 7.67. The van der Waals surface area contributed by atoms with Gasteiger partial charge in [0.2, 0.25) is 15.9 Å². The Kier molecular flexibility index (Phi) is 6.49. The molecule has 2 heterocycles. The summed E-state index contributed by atoms with van der Waals surface area (Å²) in [5.41, 5.74) is 1.68. The number of piperazine rings is 1. The molecule has 1 aromatic carbocycles. The van der Waals surface area contributed by atoms with Crippen LogP contribution in [0.1, 0.15) is 0 Å². The molecule has 1 saturated heterocycles. The fourth-order valence-corrected chi connectivity index (χ4v) is 5.47. The second-order valence-corrected chi connectivity index (χ2v) is 10.3. The van der Waals surface area contributed by atoms with E-state index in [1.807, 2.05) is 24.3 Å². The van der Waals surface area contributed by atoms with E-state index in [2.05, 4.69) is 15.2 Å². The van der Waals surface area contributed by atoms with Gasteiger partial charge in [0.05, 0.1) is 29.9 Å². The van der Waals surface area contributed by atoms with Crippen LogP contribution in [-0.2, 0) is 14.8 Å². The van der Waals surface area contributed by atoms with Crippen molar-refractivity contribution in [3.05, 3.63) is 24.3 Å². The molecule has 0 aliphatic carbocycles. The third kappa shape index (κ3) is 5.15. The summed E-state index contributed by atoms with van der Waals surface area (Å²) in [5.74, 6) is 1.27. The van der Waals surface area contributed by atoms with E-state index < -0.39 is 10.0 Å². The van der Waals surface area contributed by atoms with Gasteiger partial charge in [0.1, 0.15) is 4.38 Å². The van der Waals surface area contributed by atoms with Gasteiger partial charge in [-0.3, -0.25) is 9.79 Å². The number of rotatable bonds is 5. The molecule has 1 fully saturated rings. The zero-order chi connectivity index (χ0) is 18.6. The van der Waals surface area contributed by atoms with E-state index in [9.17, 15) is 13.2 Å². The lowest BCUT2D eigenvalue weighted by molar-refractivity contribution is -0.113. The van der Waals surface area contributed by atoms with E-state index in [0.717, 1.165) is 28.0 Å². The van der Waals surface area contributed by atoms with Crippen LogP contribution in [0.15, 0.2) is 29.3 Å². The van der Waals surface area contributed by atoms with Crippen molar-refractivity contribution in [2.75, 3.05) is 60.7 Å². The largest absolute Gasteiger partial charge is 0.367 e. The van der Waals surface area contributed by atoms with Crippen molar-refractivity contribution < 1.29 is 13.2 Å². The van der Waals surface area contributed by atoms with Gasteiger partial charge in [0.25, 0.3) is 0 Å². The van der Waals surface area contributed by atoms with Crippen LogP contribution in [0.4, 0.5) is 11.4 Å². The van der Waals surface area contributed by atoms with Crippen molar-refractivity contribution in [3.63, 3.8) is 0 Å². The summed E-state index contributed by atoms with van der Waals surface area (Å²) in [5, 5.41) is 2.98. The van der Waals surface area contributed by atoms with E-state index >= 15 is 0 Å². The smallest absolute Gasteiger partial charge is 0.234 e. The van der Waals surface area contributed by atoms with E-state index in [0.29, 0.717) is 31.9 Å². The Labute approximate surface area is 162 Å². The number of thioether (sulfide) groups is 2. The Bertz CT molecular complexity index is 790. The summed E-state index contributed by atoms with van der Waals surface area (Å²) in [6, 6.07) is 7.64. The summed E-state index contributed by atoms with van der Waals surface area (Å²) < 4.78 is 25.8. The Morgan fingerprint density at radius 3 is 2.65 bits per heavy atom. The number of benzene rings is 1. The zero-order valence-corrected chi connectivity index (χ0v) is 17.0. The number of nitrogens with one attached hydrogen (secondary N) is 1. The van der Waals surface area contributed by atoms with Crippen molar-refractivity contribution in [1.29, 1.82) is 0 Å². The average molecular weight is 415 g/mol. The molecule has 2 aliphatic rings. The van der Waals surface area contributed by atoms with Crippen LogP contribution in [0.2, 0.25) is 0 Å². The van der Waals surface area contributed by atoms with Crippen LogP contribution >= 0.6 is 23.5 Å². The van der Waals surface area contributed by atoms with Crippen molar-refractivity contribution in [1.82, 2.24) is 4.31 Å². The number of hydrogen-bond donors (Lipinski definition) is 1. The first-order valence-electron chi connectivity index (χ1n) is 8.32. The van der Waals surface area contributed by atoms with Crippen LogP contribution in [0, 0.1) is 0 Å². The Morgan fingerprint density at radius 2 is 2.00 bits per heavy atom. The first-order chi connectivity index (χ1) is 12.4. The van der Waals surface area contributed by atoms with Gasteiger partial charge in [-0.2, -0.15) is 4.31 Å². The first kappa shape index (κ1) is 19.5. The number of amides is 1. The summed E-state index contributed by atoms with van der Waals surface area (Å²) in [6.07, 6.45) is 1.24. The molecule has 0 spiro atoms. The summed E-state index contributed by atoms with van der Waals surface area (Å²) in [7, 11) is -3.16. The highest BCUT2D eigenvalue weighted by Crippen LogP contribution is 2.28. The molecule has 7 nitrogen and oxygen atoms in total. The van der Waals surface area contributed by atoms with Crippen molar-refractivity contribution >= 4 is 55.2 Å². The number of carbonyl (C=O) groups excluding carboxylic acids is 1. The van der Waals surface area contributed by atoms with Gasteiger partial charge in [-0.05, 0) is 12.1 Å². The Hall–Kier alpha value is -1.23. The molecule has 1 amide bonds. The van der Waals surface area contributed by atoms with Crippen LogP contribution < -0.4 is 10.2 Å². The molecule has 142 valence electrons. The molecule has 0 unspecified atom stereocenters. The fourth-order valence-electron chi connectivity index (χ4n) is 2.83. The standard InChI is InChI=1S/C16H22N4O3S3/c1-26(22,23)20-9-7-19(8-10-20)14-5-3-2-4-13(14)18-15(21)12-25-16-17-6-11-24-16/h2-5H,6-12H2,1H3,(H,18,21). The number of sulfonamides is 1. The molecule has 1 aromatic rings. The minimum atomic E-state index is -3.16. The maximum absolute atomic E-state index is 12.3. The topological polar surface area (TPSA) is 82.1 Å². The fraction of sp³-hybridized carbons (Fsp3) is 0.500. The molecule has 2 aliphatic heterocycles. The average Bonchev–Trinajstić information content (AvgIpc) is 3.13. The lowest BCUT2D eigenvalue weighted by Gasteiger charge is -2.35. The minimum Gasteiger partial charge on any atom is -0.367 e. The predicted octanol–water partition coefficient (Wildman–Crippen LogP) is 1.54. The molecule has 0 atom stereocenters. The molecule has 0 radical (unpaired) electrons. The van der Waals surface area contributed by atoms with Gasteiger partial charge in [-0.25, -0.2) is 8.42 Å². The molecule has 10 heteroatoms. The second kappa shape index (κ2) is 8.64. The normalized spacial score (nSPS) is 18.7. The highest BCUT2D eigenvalue weighted by Gasteiger charge is 2.24. The SMILES string of the molecule is CS(=O)(=O)N1CCN(c2ccccc2NC(=O)CSC2=NCCS2)CC1.